The highest BCUT2D eigenvalue weighted by Crippen LogP contribution is 2.19. The third-order valence-electron chi connectivity index (χ3n) is 6.57. The Morgan fingerprint density at radius 1 is 0.892 bits per heavy atom. The average Bonchev–Trinajstić information content (AvgIpc) is 2.90. The molecule has 9 heteroatoms. The van der Waals surface area contributed by atoms with Crippen LogP contribution in [0.4, 0.5) is 5.69 Å². The molecule has 4 aromatic rings. The van der Waals surface area contributed by atoms with Crippen molar-refractivity contribution in [3.05, 3.63) is 110 Å². The topological polar surface area (TPSA) is 93.4 Å². The van der Waals surface area contributed by atoms with E-state index in [1.807, 2.05) is 18.2 Å². The summed E-state index contributed by atoms with van der Waals surface area (Å²) in [5.41, 5.74) is 2.07. The van der Waals surface area contributed by atoms with E-state index in [-0.39, 0.29) is 25.4 Å². The van der Waals surface area contributed by atoms with Gasteiger partial charge in [0.15, 0.2) is 0 Å². The Hall–Kier alpha value is -4.17. The molecule has 0 saturated heterocycles. The van der Waals surface area contributed by atoms with Crippen LogP contribution < -0.4 is 16.6 Å². The summed E-state index contributed by atoms with van der Waals surface area (Å²) in [5, 5.41) is 3.50. The fourth-order valence-electron chi connectivity index (χ4n) is 4.71. The minimum Gasteiger partial charge on any atom is -0.338 e. The molecule has 0 unspecified atom stereocenters. The van der Waals surface area contributed by atoms with Crippen molar-refractivity contribution < 1.29 is 9.59 Å². The van der Waals surface area contributed by atoms with Crippen LogP contribution >= 0.6 is 11.6 Å². The molecule has 8 nitrogen and oxygen atoms in total. The molecule has 37 heavy (non-hydrogen) atoms. The molecule has 3 aromatic carbocycles. The zero-order valence-electron chi connectivity index (χ0n) is 20.0. The van der Waals surface area contributed by atoms with Gasteiger partial charge in [-0.3, -0.25) is 23.5 Å². The van der Waals surface area contributed by atoms with Gasteiger partial charge in [0.2, 0.25) is 11.8 Å². The predicted octanol–water partition coefficient (Wildman–Crippen LogP) is 3.43. The van der Waals surface area contributed by atoms with Gasteiger partial charge in [-0.15, -0.1) is 0 Å². The van der Waals surface area contributed by atoms with Gasteiger partial charge in [0.05, 0.1) is 10.9 Å². The Bertz CT molecular complexity index is 1620. The number of hydrogen-bond donors (Lipinski definition) is 1. The molecule has 1 aliphatic rings. The lowest BCUT2D eigenvalue weighted by Gasteiger charge is -2.29. The molecule has 0 bridgehead atoms. The highest BCUT2D eigenvalue weighted by atomic mass is 35.5. The van der Waals surface area contributed by atoms with Crippen LogP contribution in [0, 0.1) is 0 Å². The second kappa shape index (κ2) is 10.4. The molecule has 0 radical (unpaired) electrons. The van der Waals surface area contributed by atoms with Gasteiger partial charge in [0, 0.05) is 36.8 Å². The van der Waals surface area contributed by atoms with Gasteiger partial charge in [-0.05, 0) is 47.9 Å². The minimum absolute atomic E-state index is 0.00433. The van der Waals surface area contributed by atoms with E-state index < -0.39 is 17.2 Å². The standard InChI is InChI=1S/C28H25ClN4O4/c29-21-8-5-9-22(16-21)30-25(34)18-33-24-11-4-3-10-23(24)27(36)32(28(33)37)15-13-26(35)31-14-12-19-6-1-2-7-20(19)17-31/h1-11,16H,12-15,17-18H2,(H,30,34). The number of nitrogens with zero attached hydrogens (tertiary/aromatic N) is 3. The summed E-state index contributed by atoms with van der Waals surface area (Å²) in [5.74, 6) is -0.568. The van der Waals surface area contributed by atoms with Crippen LogP contribution in [-0.4, -0.2) is 32.4 Å². The highest BCUT2D eigenvalue weighted by Gasteiger charge is 2.21. The van der Waals surface area contributed by atoms with Crippen molar-refractivity contribution in [2.75, 3.05) is 11.9 Å². The number of aromatic nitrogens is 2. The summed E-state index contributed by atoms with van der Waals surface area (Å²) in [6, 6.07) is 21.4. The number of amides is 2. The van der Waals surface area contributed by atoms with Crippen molar-refractivity contribution in [2.45, 2.75) is 32.5 Å². The van der Waals surface area contributed by atoms with Crippen LogP contribution in [-0.2, 0) is 35.6 Å². The van der Waals surface area contributed by atoms with Crippen molar-refractivity contribution in [1.29, 1.82) is 0 Å². The second-order valence-corrected chi connectivity index (χ2v) is 9.42. The van der Waals surface area contributed by atoms with Crippen molar-refractivity contribution >= 4 is 40.0 Å². The molecular weight excluding hydrogens is 492 g/mol. The number of nitrogens with one attached hydrogen (secondary N) is 1. The van der Waals surface area contributed by atoms with Crippen molar-refractivity contribution in [3.8, 4) is 0 Å². The summed E-state index contributed by atoms with van der Waals surface area (Å²) in [4.78, 5) is 54.1. The van der Waals surface area contributed by atoms with E-state index in [2.05, 4.69) is 11.4 Å². The number of halogens is 1. The Labute approximate surface area is 217 Å². The maximum Gasteiger partial charge on any atom is 0.331 e. The first-order chi connectivity index (χ1) is 17.9. The molecule has 0 atom stereocenters. The summed E-state index contributed by atoms with van der Waals surface area (Å²) in [7, 11) is 0. The van der Waals surface area contributed by atoms with Crippen molar-refractivity contribution in [2.24, 2.45) is 0 Å². The predicted molar refractivity (Wildman–Crippen MR) is 143 cm³/mol. The van der Waals surface area contributed by atoms with Gasteiger partial charge in [-0.1, -0.05) is 54.1 Å². The molecule has 1 aliphatic heterocycles. The maximum absolute atomic E-state index is 13.4. The van der Waals surface area contributed by atoms with Crippen LogP contribution in [0.2, 0.25) is 5.02 Å². The van der Waals surface area contributed by atoms with E-state index in [1.54, 1.807) is 53.4 Å². The van der Waals surface area contributed by atoms with Crippen LogP contribution in [0.15, 0.2) is 82.4 Å². The van der Waals surface area contributed by atoms with Gasteiger partial charge in [0.1, 0.15) is 6.54 Å². The van der Waals surface area contributed by atoms with Crippen LogP contribution in [0.5, 0.6) is 0 Å². The van der Waals surface area contributed by atoms with E-state index >= 15 is 0 Å². The van der Waals surface area contributed by atoms with Crippen molar-refractivity contribution in [3.63, 3.8) is 0 Å². The van der Waals surface area contributed by atoms with Gasteiger partial charge in [0.25, 0.3) is 5.56 Å². The van der Waals surface area contributed by atoms with Crippen LogP contribution in [0.1, 0.15) is 17.5 Å². The van der Waals surface area contributed by atoms with Crippen LogP contribution in [0.3, 0.4) is 0 Å². The number of carbonyl (C=O) groups is 2. The average molecular weight is 517 g/mol. The number of anilines is 1. The molecule has 1 aromatic heterocycles. The molecule has 0 fully saturated rings. The number of rotatable bonds is 6. The normalized spacial score (nSPS) is 12.8. The molecule has 2 amide bonds. The summed E-state index contributed by atoms with van der Waals surface area (Å²) >= 11 is 6.00. The van der Waals surface area contributed by atoms with E-state index in [1.165, 1.54) is 10.1 Å². The SMILES string of the molecule is O=C(Cn1c(=O)n(CCC(=O)N2CCc3ccccc3C2)c(=O)c2ccccc21)Nc1cccc(Cl)c1. The fraction of sp³-hybridized carbons (Fsp3) is 0.214. The van der Waals surface area contributed by atoms with E-state index in [4.69, 9.17) is 11.6 Å². The van der Waals surface area contributed by atoms with Gasteiger partial charge < -0.3 is 10.2 Å². The summed E-state index contributed by atoms with van der Waals surface area (Å²) in [6.45, 7) is 0.726. The van der Waals surface area contributed by atoms with Gasteiger partial charge >= 0.3 is 5.69 Å². The first-order valence-corrected chi connectivity index (χ1v) is 12.4. The van der Waals surface area contributed by atoms with Gasteiger partial charge in [-0.2, -0.15) is 0 Å². The number of para-hydroxylation sites is 1. The lowest BCUT2D eigenvalue weighted by Crippen LogP contribution is -2.43. The molecule has 188 valence electrons. The number of benzene rings is 3. The Kier molecular flexibility index (Phi) is 6.92. The molecule has 0 saturated carbocycles. The maximum atomic E-state index is 13.4. The van der Waals surface area contributed by atoms with E-state index in [9.17, 15) is 19.2 Å². The first kappa shape index (κ1) is 24.5. The molecule has 0 spiro atoms. The quantitative estimate of drug-likeness (QED) is 0.425. The Balaban J connectivity index is 1.38. The lowest BCUT2D eigenvalue weighted by atomic mass is 10.00. The molecule has 5 rings (SSSR count). The number of fused-ring (bicyclic) bond motifs is 2. The monoisotopic (exact) mass is 516 g/mol. The third kappa shape index (κ3) is 5.20. The summed E-state index contributed by atoms with van der Waals surface area (Å²) in [6.07, 6.45) is 0.775. The Morgan fingerprint density at radius 3 is 2.46 bits per heavy atom. The number of hydrogen-bond acceptors (Lipinski definition) is 4. The smallest absolute Gasteiger partial charge is 0.331 e. The molecule has 1 N–H and O–H groups in total. The van der Waals surface area contributed by atoms with E-state index in [0.29, 0.717) is 34.7 Å². The second-order valence-electron chi connectivity index (χ2n) is 8.99. The lowest BCUT2D eigenvalue weighted by molar-refractivity contribution is -0.132. The van der Waals surface area contributed by atoms with Crippen LogP contribution in [0.25, 0.3) is 10.9 Å². The fourth-order valence-corrected chi connectivity index (χ4v) is 4.90. The zero-order valence-corrected chi connectivity index (χ0v) is 20.8. The van der Waals surface area contributed by atoms with Gasteiger partial charge in [-0.25, -0.2) is 4.79 Å². The molecular formula is C28H25ClN4O4. The largest absolute Gasteiger partial charge is 0.338 e. The number of carbonyl (C=O) groups excluding carboxylic acids is 2. The minimum atomic E-state index is -0.637. The third-order valence-corrected chi connectivity index (χ3v) is 6.81. The first-order valence-electron chi connectivity index (χ1n) is 12.0. The van der Waals surface area contributed by atoms with Crippen molar-refractivity contribution in [1.82, 2.24) is 14.0 Å². The highest BCUT2D eigenvalue weighted by molar-refractivity contribution is 6.30. The van der Waals surface area contributed by atoms with E-state index in [0.717, 1.165) is 16.6 Å². The summed E-state index contributed by atoms with van der Waals surface area (Å²) < 4.78 is 2.31. The molecule has 0 aliphatic carbocycles. The molecule has 2 heterocycles. The Morgan fingerprint density at radius 2 is 1.65 bits per heavy atom. The zero-order chi connectivity index (χ0) is 25.9.